The van der Waals surface area contributed by atoms with Crippen molar-refractivity contribution in [1.82, 2.24) is 0 Å². The Morgan fingerprint density at radius 1 is 0.471 bits per heavy atom. The van der Waals surface area contributed by atoms with Crippen LogP contribution in [0.5, 0.6) is 0 Å². The van der Waals surface area contributed by atoms with Crippen molar-refractivity contribution in [2.24, 2.45) is 0 Å². The molecule has 2 aromatic heterocycles. The highest BCUT2D eigenvalue weighted by atomic mass is 32.1. The maximum atomic E-state index is 6.24. The van der Waals surface area contributed by atoms with Crippen molar-refractivity contribution in [1.29, 1.82) is 0 Å². The van der Waals surface area contributed by atoms with Crippen LogP contribution in [0, 0.1) is 0 Å². The summed E-state index contributed by atoms with van der Waals surface area (Å²) in [7, 11) is 0. The summed E-state index contributed by atoms with van der Waals surface area (Å²) in [4.78, 5) is 0. The molecule has 2 heterocycles. The Morgan fingerprint density at radius 2 is 1.09 bits per heavy atom. The summed E-state index contributed by atoms with van der Waals surface area (Å²) in [5.74, 6) is 0. The molecule has 0 fully saturated rings. The molecular weight excluding hydrogens is 436 g/mol. The molecule has 162 valence electrons. The van der Waals surface area contributed by atoms with Crippen molar-refractivity contribution >= 4 is 65.4 Å². The Hall–Kier alpha value is -4.28. The minimum atomic E-state index is 0.943. The molecule has 0 spiro atoms. The lowest BCUT2D eigenvalue weighted by Gasteiger charge is -2.14. The van der Waals surface area contributed by atoms with E-state index in [1.807, 2.05) is 47.7 Å². The smallest absolute Gasteiger partial charge is 0.137 e. The summed E-state index contributed by atoms with van der Waals surface area (Å²) in [5.41, 5.74) is 8.33. The van der Waals surface area contributed by atoms with E-state index in [1.165, 1.54) is 20.2 Å². The fraction of sp³-hybridized carbons (Fsp3) is 0. The molecule has 0 aliphatic rings. The average Bonchev–Trinajstić information content (AvgIpc) is 3.44. The summed E-state index contributed by atoms with van der Waals surface area (Å²) in [6, 6.07) is 37.8. The fourth-order valence-corrected chi connectivity index (χ4v) is 5.82. The molecule has 3 nitrogen and oxygen atoms in total. The van der Waals surface area contributed by atoms with Crippen molar-refractivity contribution in [3.05, 3.63) is 109 Å². The van der Waals surface area contributed by atoms with Crippen molar-refractivity contribution < 1.29 is 4.42 Å². The van der Waals surface area contributed by atoms with Gasteiger partial charge in [-0.25, -0.2) is 0 Å². The topological polar surface area (TPSA) is 37.2 Å². The molecule has 0 unspecified atom stereocenters. The van der Waals surface area contributed by atoms with Gasteiger partial charge in [-0.1, -0.05) is 42.5 Å². The number of furan rings is 1. The Morgan fingerprint density at radius 3 is 1.76 bits per heavy atom. The molecule has 0 aliphatic carbocycles. The Balaban J connectivity index is 1.38. The first kappa shape index (κ1) is 19.2. The molecule has 4 heteroatoms. The largest absolute Gasteiger partial charge is 0.456 e. The van der Waals surface area contributed by atoms with E-state index >= 15 is 0 Å². The minimum absolute atomic E-state index is 0.943. The lowest BCUT2D eigenvalue weighted by atomic mass is 10.0. The van der Waals surface area contributed by atoms with Crippen LogP contribution in [0.4, 0.5) is 22.7 Å². The number of hydrogen-bond donors (Lipinski definition) is 2. The van der Waals surface area contributed by atoms with Gasteiger partial charge in [0, 0.05) is 42.9 Å². The highest BCUT2D eigenvalue weighted by Crippen LogP contribution is 2.44. The van der Waals surface area contributed by atoms with E-state index in [-0.39, 0.29) is 0 Å². The number of anilines is 4. The molecule has 7 aromatic rings. The Bertz CT molecular complexity index is 1630. The van der Waals surface area contributed by atoms with Gasteiger partial charge >= 0.3 is 0 Å². The zero-order valence-corrected chi connectivity index (χ0v) is 19.0. The fourth-order valence-electron chi connectivity index (χ4n) is 4.64. The van der Waals surface area contributed by atoms with Gasteiger partial charge in [0.15, 0.2) is 0 Å². The quantitative estimate of drug-likeness (QED) is 0.271. The first-order valence-corrected chi connectivity index (χ1v) is 12.1. The SMILES string of the molecule is c1ccc(Nc2cc(Nc3ccccc3)cc(-c3cc4oc5cccc6sc(c3)c4c56)c2)cc1. The number of nitrogens with one attached hydrogen (secondary N) is 2. The second-order valence-electron chi connectivity index (χ2n) is 8.46. The predicted molar refractivity (Wildman–Crippen MR) is 145 cm³/mol. The Labute approximate surface area is 200 Å². The van der Waals surface area contributed by atoms with E-state index in [9.17, 15) is 0 Å². The zero-order chi connectivity index (χ0) is 22.5. The third-order valence-corrected chi connectivity index (χ3v) is 7.24. The maximum absolute atomic E-state index is 6.24. The highest BCUT2D eigenvalue weighted by Gasteiger charge is 2.17. The molecule has 0 saturated heterocycles. The Kier molecular flexibility index (Phi) is 4.32. The van der Waals surface area contributed by atoms with Gasteiger partial charge in [0.1, 0.15) is 11.2 Å². The van der Waals surface area contributed by atoms with Gasteiger partial charge in [-0.2, -0.15) is 0 Å². The highest BCUT2D eigenvalue weighted by molar-refractivity contribution is 7.26. The third-order valence-electron chi connectivity index (χ3n) is 6.14. The van der Waals surface area contributed by atoms with E-state index in [4.69, 9.17) is 4.42 Å². The monoisotopic (exact) mass is 456 g/mol. The summed E-state index contributed by atoms with van der Waals surface area (Å²) < 4.78 is 8.77. The van der Waals surface area contributed by atoms with E-state index < -0.39 is 0 Å². The van der Waals surface area contributed by atoms with Crippen LogP contribution in [0.25, 0.3) is 42.5 Å². The van der Waals surface area contributed by atoms with Crippen molar-refractivity contribution in [2.75, 3.05) is 10.6 Å². The van der Waals surface area contributed by atoms with Crippen LogP contribution in [0.15, 0.2) is 114 Å². The summed E-state index contributed by atoms with van der Waals surface area (Å²) >= 11 is 1.83. The lowest BCUT2D eigenvalue weighted by Crippen LogP contribution is -1.95. The summed E-state index contributed by atoms with van der Waals surface area (Å²) in [6.07, 6.45) is 0. The summed E-state index contributed by atoms with van der Waals surface area (Å²) in [6.45, 7) is 0. The van der Waals surface area contributed by atoms with Crippen molar-refractivity contribution in [3.8, 4) is 11.1 Å². The molecule has 0 radical (unpaired) electrons. The van der Waals surface area contributed by atoms with Crippen LogP contribution in [-0.4, -0.2) is 0 Å². The van der Waals surface area contributed by atoms with Crippen LogP contribution < -0.4 is 10.6 Å². The second kappa shape index (κ2) is 7.65. The van der Waals surface area contributed by atoms with Gasteiger partial charge in [-0.15, -0.1) is 11.3 Å². The van der Waals surface area contributed by atoms with Gasteiger partial charge in [-0.3, -0.25) is 0 Å². The molecule has 2 N–H and O–H groups in total. The van der Waals surface area contributed by atoms with Gasteiger partial charge in [-0.05, 0) is 77.9 Å². The summed E-state index contributed by atoms with van der Waals surface area (Å²) in [5, 5.41) is 9.60. The molecule has 5 aromatic carbocycles. The van der Waals surface area contributed by atoms with Crippen molar-refractivity contribution in [2.45, 2.75) is 0 Å². The maximum Gasteiger partial charge on any atom is 0.137 e. The van der Waals surface area contributed by atoms with Gasteiger partial charge in [0.05, 0.1) is 0 Å². The van der Waals surface area contributed by atoms with Crippen LogP contribution in [0.1, 0.15) is 0 Å². The van der Waals surface area contributed by atoms with Crippen LogP contribution >= 0.6 is 11.3 Å². The predicted octanol–water partition coefficient (Wildman–Crippen LogP) is 9.39. The molecule has 7 rings (SSSR count). The number of benzene rings is 5. The molecule has 0 saturated carbocycles. The van der Waals surface area contributed by atoms with E-state index in [1.54, 1.807) is 0 Å². The number of hydrogen-bond acceptors (Lipinski definition) is 4. The molecule has 0 bridgehead atoms. The van der Waals surface area contributed by atoms with Gasteiger partial charge < -0.3 is 15.1 Å². The number of rotatable bonds is 5. The number of thiophene rings is 1. The van der Waals surface area contributed by atoms with Gasteiger partial charge in [0.25, 0.3) is 0 Å². The zero-order valence-electron chi connectivity index (χ0n) is 18.2. The third kappa shape index (κ3) is 3.28. The molecular formula is C30H20N2OS. The minimum Gasteiger partial charge on any atom is -0.456 e. The molecule has 0 atom stereocenters. The molecule has 0 amide bonds. The molecule has 34 heavy (non-hydrogen) atoms. The number of para-hydroxylation sites is 2. The van der Waals surface area contributed by atoms with Gasteiger partial charge in [0.2, 0.25) is 0 Å². The standard InChI is InChI=1S/C30H20N2OS/c1-3-8-21(9-4-1)31-23-14-19(15-24(18-23)32-22-10-5-2-6-11-22)20-16-26-30-28(17-20)34-27-13-7-12-25(33-26)29(27)30/h1-18,31-32H. The molecule has 0 aliphatic heterocycles. The van der Waals surface area contributed by atoms with Crippen LogP contribution in [0.3, 0.4) is 0 Å². The average molecular weight is 457 g/mol. The lowest BCUT2D eigenvalue weighted by molar-refractivity contribution is 0.669. The van der Waals surface area contributed by atoms with Crippen LogP contribution in [0.2, 0.25) is 0 Å². The van der Waals surface area contributed by atoms with Crippen molar-refractivity contribution in [3.63, 3.8) is 0 Å². The van der Waals surface area contributed by atoms with E-state index in [0.717, 1.165) is 45.0 Å². The van der Waals surface area contributed by atoms with E-state index in [0.29, 0.717) is 0 Å². The first-order chi connectivity index (χ1) is 16.8. The first-order valence-electron chi connectivity index (χ1n) is 11.3. The second-order valence-corrected chi connectivity index (χ2v) is 9.55. The normalized spacial score (nSPS) is 11.5. The van der Waals surface area contributed by atoms with E-state index in [2.05, 4.69) is 83.4 Å². The van der Waals surface area contributed by atoms with Crippen LogP contribution in [-0.2, 0) is 0 Å².